The highest BCUT2D eigenvalue weighted by molar-refractivity contribution is 6.03. The molecule has 0 bridgehead atoms. The normalized spacial score (nSPS) is 11.6. The van der Waals surface area contributed by atoms with E-state index in [2.05, 4.69) is 66.3 Å². The van der Waals surface area contributed by atoms with E-state index in [4.69, 9.17) is 4.98 Å². The summed E-state index contributed by atoms with van der Waals surface area (Å²) in [6.45, 7) is 4.15. The van der Waals surface area contributed by atoms with Gasteiger partial charge in [0.05, 0.1) is 28.6 Å². The second kappa shape index (κ2) is 5.85. The smallest absolute Gasteiger partial charge is 0.0972 e. The molecule has 0 aliphatic heterocycles. The van der Waals surface area contributed by atoms with Gasteiger partial charge in [-0.3, -0.25) is 9.98 Å². The lowest BCUT2D eigenvalue weighted by atomic mass is 10.1. The fraction of sp³-hybridized carbons (Fsp3) is 0.0952. The van der Waals surface area contributed by atoms with Crippen molar-refractivity contribution in [2.75, 3.05) is 0 Å². The predicted molar refractivity (Wildman–Crippen MR) is 100 cm³/mol. The molecule has 116 valence electrons. The fourth-order valence-electron chi connectivity index (χ4n) is 2.95. The quantitative estimate of drug-likeness (QED) is 0.379. The number of para-hydroxylation sites is 1. The van der Waals surface area contributed by atoms with Gasteiger partial charge in [0.15, 0.2) is 0 Å². The van der Waals surface area contributed by atoms with Crippen molar-refractivity contribution < 1.29 is 0 Å². The molecule has 0 saturated carbocycles. The van der Waals surface area contributed by atoms with Crippen molar-refractivity contribution in [1.82, 2.24) is 9.97 Å². The summed E-state index contributed by atoms with van der Waals surface area (Å²) in [6, 6.07) is 18.4. The van der Waals surface area contributed by atoms with E-state index in [1.807, 2.05) is 18.3 Å². The van der Waals surface area contributed by atoms with Gasteiger partial charge in [0.25, 0.3) is 0 Å². The van der Waals surface area contributed by atoms with Gasteiger partial charge >= 0.3 is 0 Å². The Balaban J connectivity index is 1.83. The van der Waals surface area contributed by atoms with E-state index >= 15 is 0 Å². The highest BCUT2D eigenvalue weighted by Crippen LogP contribution is 2.24. The lowest BCUT2D eigenvalue weighted by Crippen LogP contribution is -1.91. The van der Waals surface area contributed by atoms with Gasteiger partial charge in [0, 0.05) is 17.0 Å². The van der Waals surface area contributed by atoms with Crippen LogP contribution in [0.15, 0.2) is 65.8 Å². The average molecular weight is 311 g/mol. The summed E-state index contributed by atoms with van der Waals surface area (Å²) in [5, 5.41) is 2.19. The standard InChI is InChI=1S/C21H17N3/c1-14-5-3-6-15(2)19(14)23-13-18-11-10-17-9-8-16-7-4-12-22-20(16)21(17)24-18/h3-13H,1-2H3. The van der Waals surface area contributed by atoms with Gasteiger partial charge in [-0.2, -0.15) is 0 Å². The minimum Gasteiger partial charge on any atom is -0.254 e. The first-order valence-corrected chi connectivity index (χ1v) is 7.97. The lowest BCUT2D eigenvalue weighted by molar-refractivity contribution is 1.32. The van der Waals surface area contributed by atoms with Crippen LogP contribution in [-0.2, 0) is 0 Å². The largest absolute Gasteiger partial charge is 0.254 e. The number of nitrogens with zero attached hydrogens (tertiary/aromatic N) is 3. The Morgan fingerprint density at radius 1 is 0.792 bits per heavy atom. The summed E-state index contributed by atoms with van der Waals surface area (Å²) in [4.78, 5) is 13.9. The van der Waals surface area contributed by atoms with Crippen molar-refractivity contribution in [2.45, 2.75) is 13.8 Å². The maximum atomic E-state index is 4.77. The molecule has 24 heavy (non-hydrogen) atoms. The number of benzene rings is 2. The summed E-state index contributed by atoms with van der Waals surface area (Å²) in [5.41, 5.74) is 6.02. The average Bonchev–Trinajstić information content (AvgIpc) is 2.61. The molecule has 2 aromatic carbocycles. The van der Waals surface area contributed by atoms with Crippen LogP contribution in [0.2, 0.25) is 0 Å². The minimum absolute atomic E-state index is 0.836. The van der Waals surface area contributed by atoms with E-state index in [0.29, 0.717) is 0 Å². The van der Waals surface area contributed by atoms with Gasteiger partial charge in [-0.1, -0.05) is 42.5 Å². The lowest BCUT2D eigenvalue weighted by Gasteiger charge is -2.05. The third-order valence-electron chi connectivity index (χ3n) is 4.22. The van der Waals surface area contributed by atoms with Crippen LogP contribution >= 0.6 is 0 Å². The molecule has 2 aromatic heterocycles. The van der Waals surface area contributed by atoms with Gasteiger partial charge in [-0.25, -0.2) is 4.98 Å². The molecular weight excluding hydrogens is 294 g/mol. The van der Waals surface area contributed by atoms with E-state index in [0.717, 1.165) is 33.2 Å². The first-order valence-electron chi connectivity index (χ1n) is 7.97. The summed E-state index contributed by atoms with van der Waals surface area (Å²) in [6.07, 6.45) is 3.64. The summed E-state index contributed by atoms with van der Waals surface area (Å²) >= 11 is 0. The van der Waals surface area contributed by atoms with Gasteiger partial charge in [0.2, 0.25) is 0 Å². The zero-order valence-electron chi connectivity index (χ0n) is 13.7. The van der Waals surface area contributed by atoms with E-state index < -0.39 is 0 Å². The number of aliphatic imine (C=N–C) groups is 1. The molecule has 0 saturated heterocycles. The van der Waals surface area contributed by atoms with Crippen molar-refractivity contribution in [2.24, 2.45) is 4.99 Å². The third-order valence-corrected chi connectivity index (χ3v) is 4.22. The molecule has 3 nitrogen and oxygen atoms in total. The van der Waals surface area contributed by atoms with E-state index in [9.17, 15) is 0 Å². The molecule has 4 aromatic rings. The molecule has 0 aliphatic carbocycles. The molecular formula is C21H17N3. The maximum Gasteiger partial charge on any atom is 0.0972 e. The SMILES string of the molecule is Cc1cccc(C)c1N=Cc1ccc2ccc3cccnc3c2n1. The number of aromatic nitrogens is 2. The topological polar surface area (TPSA) is 38.1 Å². The molecule has 0 radical (unpaired) electrons. The molecule has 3 heteroatoms. The second-order valence-corrected chi connectivity index (χ2v) is 5.95. The van der Waals surface area contributed by atoms with Crippen LogP contribution in [0.3, 0.4) is 0 Å². The number of pyridine rings is 2. The molecule has 0 N–H and O–H groups in total. The van der Waals surface area contributed by atoms with Crippen LogP contribution in [0.5, 0.6) is 0 Å². The zero-order valence-corrected chi connectivity index (χ0v) is 13.7. The van der Waals surface area contributed by atoms with Crippen LogP contribution in [0, 0.1) is 13.8 Å². The van der Waals surface area contributed by atoms with Crippen molar-refractivity contribution in [3.05, 3.63) is 77.6 Å². The van der Waals surface area contributed by atoms with E-state index in [1.165, 1.54) is 11.1 Å². The molecule has 0 unspecified atom stereocenters. The van der Waals surface area contributed by atoms with Gasteiger partial charge in [-0.05, 0) is 37.1 Å². The summed E-state index contributed by atoms with van der Waals surface area (Å²) in [5.74, 6) is 0. The highest BCUT2D eigenvalue weighted by Gasteiger charge is 2.04. The Bertz CT molecular complexity index is 1060. The number of fused-ring (bicyclic) bond motifs is 3. The van der Waals surface area contributed by atoms with E-state index in [-0.39, 0.29) is 0 Å². The zero-order chi connectivity index (χ0) is 16.5. The highest BCUT2D eigenvalue weighted by atomic mass is 14.8. The predicted octanol–water partition coefficient (Wildman–Crippen LogP) is 5.15. The Morgan fingerprint density at radius 2 is 1.50 bits per heavy atom. The molecule has 0 amide bonds. The van der Waals surface area contributed by atoms with Gasteiger partial charge < -0.3 is 0 Å². The summed E-state index contributed by atoms with van der Waals surface area (Å²) < 4.78 is 0. The monoisotopic (exact) mass is 311 g/mol. The van der Waals surface area contributed by atoms with Crippen molar-refractivity contribution in [1.29, 1.82) is 0 Å². The minimum atomic E-state index is 0.836. The Kier molecular flexibility index (Phi) is 3.54. The fourth-order valence-corrected chi connectivity index (χ4v) is 2.95. The van der Waals surface area contributed by atoms with Crippen LogP contribution in [0.4, 0.5) is 5.69 Å². The second-order valence-electron chi connectivity index (χ2n) is 5.95. The third kappa shape index (κ3) is 2.54. The Morgan fingerprint density at radius 3 is 2.29 bits per heavy atom. The van der Waals surface area contributed by atoms with Crippen LogP contribution in [0.25, 0.3) is 21.8 Å². The van der Waals surface area contributed by atoms with Crippen molar-refractivity contribution >= 4 is 33.7 Å². The first-order chi connectivity index (χ1) is 11.7. The number of aryl methyl sites for hydroxylation is 2. The van der Waals surface area contributed by atoms with Crippen molar-refractivity contribution in [3.63, 3.8) is 0 Å². The first kappa shape index (κ1) is 14.5. The Labute approximate surface area is 140 Å². The maximum absolute atomic E-state index is 4.77. The van der Waals surface area contributed by atoms with Crippen LogP contribution < -0.4 is 0 Å². The Hall–Kier alpha value is -3.07. The summed E-state index contributed by atoms with van der Waals surface area (Å²) in [7, 11) is 0. The van der Waals surface area contributed by atoms with Crippen LogP contribution in [0.1, 0.15) is 16.8 Å². The molecule has 0 spiro atoms. The van der Waals surface area contributed by atoms with Gasteiger partial charge in [-0.15, -0.1) is 0 Å². The molecule has 2 heterocycles. The number of hydrogen-bond donors (Lipinski definition) is 0. The number of hydrogen-bond acceptors (Lipinski definition) is 3. The van der Waals surface area contributed by atoms with Crippen molar-refractivity contribution in [3.8, 4) is 0 Å². The number of rotatable bonds is 2. The molecule has 0 fully saturated rings. The van der Waals surface area contributed by atoms with E-state index in [1.54, 1.807) is 6.20 Å². The van der Waals surface area contributed by atoms with Crippen LogP contribution in [-0.4, -0.2) is 16.2 Å². The molecule has 0 aliphatic rings. The molecule has 4 rings (SSSR count). The van der Waals surface area contributed by atoms with Gasteiger partial charge in [0.1, 0.15) is 0 Å². The molecule has 0 atom stereocenters.